The Hall–Kier alpha value is -2.29. The Bertz CT molecular complexity index is 2050. The molecule has 1 aromatic carbocycles. The number of ether oxygens (including phenoxy) is 6. The number of rotatable bonds is 13. The molecular formula is C51H87F3N4O14S. The van der Waals surface area contributed by atoms with Crippen LogP contribution in [0.2, 0.25) is 0 Å². The Morgan fingerprint density at radius 1 is 0.918 bits per heavy atom. The third kappa shape index (κ3) is 13.9. The number of benzene rings is 1. The Labute approximate surface area is 431 Å². The number of carbonyl (C=O) groups excluding carboxylic acids is 1. The number of piperidine rings is 1. The van der Waals surface area contributed by atoms with Gasteiger partial charge in [0.1, 0.15) is 35.1 Å². The van der Waals surface area contributed by atoms with Gasteiger partial charge in [-0.25, -0.2) is 0 Å². The number of halogens is 3. The second kappa shape index (κ2) is 24.2. The fraction of sp³-hybridized carbons (Fsp3) is 0.863. The Morgan fingerprint density at radius 3 is 2.10 bits per heavy atom. The molecule has 0 bridgehead atoms. The van der Waals surface area contributed by atoms with Gasteiger partial charge >= 0.3 is 22.4 Å². The summed E-state index contributed by atoms with van der Waals surface area (Å²) in [4.78, 5) is 18.8. The molecule has 73 heavy (non-hydrogen) atoms. The lowest BCUT2D eigenvalue weighted by molar-refractivity contribution is -0.339. The van der Waals surface area contributed by atoms with Crippen LogP contribution in [0.5, 0.6) is 0 Å². The zero-order valence-corrected chi connectivity index (χ0v) is 46.0. The average Bonchev–Trinajstić information content (AvgIpc) is 3.31. The molecule has 1 aromatic rings. The normalized spacial score (nSPS) is 41.7. The predicted octanol–water partition coefficient (Wildman–Crippen LogP) is 4.89. The number of nitrogens with one attached hydrogen (secondary N) is 1. The number of likely N-dealkylation sites (N-methyl/N-ethyl adjacent to an activating group) is 2. The van der Waals surface area contributed by atoms with Crippen molar-refractivity contribution in [2.24, 2.45) is 17.8 Å². The number of aliphatic hydroxyl groups excluding tert-OH is 2. The lowest BCUT2D eigenvalue weighted by Crippen LogP contribution is -2.70. The summed E-state index contributed by atoms with van der Waals surface area (Å²) in [5.74, 6) is -3.36. The maximum absolute atomic E-state index is 14.7. The van der Waals surface area contributed by atoms with Gasteiger partial charge in [-0.05, 0) is 130 Å². The van der Waals surface area contributed by atoms with Crippen molar-refractivity contribution in [3.05, 3.63) is 29.8 Å². The molecule has 4 aliphatic rings. The quantitative estimate of drug-likeness (QED) is 0.145. The minimum atomic E-state index is -4.64. The molecular weight excluding hydrogens is 982 g/mol. The van der Waals surface area contributed by atoms with Gasteiger partial charge in [0.25, 0.3) is 0 Å². The maximum Gasteiger partial charge on any atom is 0.416 e. The molecule has 5 rings (SSSR count). The number of nitrogens with zero attached hydrogens (tertiary/aromatic N) is 3. The lowest BCUT2D eigenvalue weighted by Gasteiger charge is -2.55. The highest BCUT2D eigenvalue weighted by Crippen LogP contribution is 2.44. The van der Waals surface area contributed by atoms with Gasteiger partial charge in [0, 0.05) is 51.3 Å². The van der Waals surface area contributed by atoms with Gasteiger partial charge in [-0.3, -0.25) is 14.4 Å². The number of alkyl halides is 3. The molecule has 22 heteroatoms. The van der Waals surface area contributed by atoms with Crippen LogP contribution in [0.4, 0.5) is 18.9 Å². The molecule has 0 amide bonds. The smallest absolute Gasteiger partial charge is 0.416 e. The van der Waals surface area contributed by atoms with E-state index in [0.29, 0.717) is 13.1 Å². The van der Waals surface area contributed by atoms with Gasteiger partial charge in [-0.15, -0.1) is 0 Å². The van der Waals surface area contributed by atoms with Crippen LogP contribution in [0.25, 0.3) is 0 Å². The molecule has 0 unspecified atom stereocenters. The van der Waals surface area contributed by atoms with Crippen molar-refractivity contribution in [2.45, 2.75) is 217 Å². The molecule has 0 spiro atoms. The van der Waals surface area contributed by atoms with Gasteiger partial charge in [0.05, 0.1) is 47.5 Å². The minimum Gasteiger partial charge on any atom is -0.459 e. The summed E-state index contributed by atoms with van der Waals surface area (Å²) in [6, 6.07) is 1.58. The first-order valence-corrected chi connectivity index (χ1v) is 27.5. The van der Waals surface area contributed by atoms with Gasteiger partial charge in [-0.2, -0.15) is 25.9 Å². The number of likely N-dealkylation sites (tertiary alicyclic amines) is 1. The van der Waals surface area contributed by atoms with Crippen molar-refractivity contribution in [1.82, 2.24) is 14.1 Å². The third-order valence-corrected chi connectivity index (χ3v) is 18.0. The first-order valence-electron chi connectivity index (χ1n) is 26.1. The van der Waals surface area contributed by atoms with E-state index in [-0.39, 0.29) is 43.8 Å². The number of methoxy groups -OCH3 is 1. The molecule has 0 aromatic heterocycles. The van der Waals surface area contributed by atoms with Gasteiger partial charge in [0.2, 0.25) is 0 Å². The van der Waals surface area contributed by atoms with E-state index in [4.69, 9.17) is 28.4 Å². The van der Waals surface area contributed by atoms with Crippen molar-refractivity contribution in [3.8, 4) is 0 Å². The van der Waals surface area contributed by atoms with Gasteiger partial charge in [0.15, 0.2) is 12.6 Å². The summed E-state index contributed by atoms with van der Waals surface area (Å²) in [7, 11) is -1.81. The standard InChI is InChI=1S/C51H87F3N4O14S/c1-14-39-49(11,63)43(60)34(7)58(15-2)28-30(3)26-47(9,62)44(72-46-41(59)38(25-31(4)68-46)56(12)73(65,66)55-37-21-19-36(20-22-37)51(52,53)54)32(5)42(33(6)45(61)70-39)71-40-27-48(10,67-13)50(64,35(8)69-40)29-57-23-17-16-18-24-57/h19-22,30-35,38-44,46,55,59-60,62-64H,14-18,23-29H2,1-13H3/t30-,31-,32+,33-,34-,35+,38+,39-,40+,41-,42+,43-,44-,46+,47-,48-,49-,50+/m1/s1. The number of esters is 1. The van der Waals surface area contributed by atoms with Gasteiger partial charge in [-0.1, -0.05) is 34.1 Å². The number of cyclic esters (lactones) is 1. The van der Waals surface area contributed by atoms with Gasteiger partial charge < -0.3 is 58.9 Å². The zero-order chi connectivity index (χ0) is 54.8. The van der Waals surface area contributed by atoms with E-state index in [1.54, 1.807) is 55.4 Å². The van der Waals surface area contributed by atoms with E-state index in [9.17, 15) is 51.9 Å². The number of aliphatic hydroxyl groups is 5. The molecule has 18 atom stereocenters. The van der Waals surface area contributed by atoms with E-state index in [1.165, 1.54) is 21.1 Å². The molecule has 0 saturated carbocycles. The first-order chi connectivity index (χ1) is 33.8. The van der Waals surface area contributed by atoms with E-state index in [2.05, 4.69) is 9.62 Å². The molecule has 422 valence electrons. The number of β-amino-alcohol motifs (C(OH)–C–C–N with tert-alkyl or cyclic N) is 1. The van der Waals surface area contributed by atoms with Crippen molar-refractivity contribution < 1.29 is 80.3 Å². The number of hydrogen-bond acceptors (Lipinski definition) is 16. The summed E-state index contributed by atoms with van der Waals surface area (Å²) < 4.78 is 110. The molecule has 4 aliphatic heterocycles. The summed E-state index contributed by atoms with van der Waals surface area (Å²) in [5, 5.41) is 61.4. The summed E-state index contributed by atoms with van der Waals surface area (Å²) in [5.41, 5.74) is -7.61. The summed E-state index contributed by atoms with van der Waals surface area (Å²) in [6.07, 6.45) is -12.7. The van der Waals surface area contributed by atoms with Crippen molar-refractivity contribution in [2.75, 3.05) is 51.6 Å². The van der Waals surface area contributed by atoms with E-state index in [1.807, 2.05) is 18.7 Å². The molecule has 18 nitrogen and oxygen atoms in total. The zero-order valence-electron chi connectivity index (χ0n) is 45.2. The van der Waals surface area contributed by atoms with Crippen LogP contribution in [-0.4, -0.2) is 191 Å². The Morgan fingerprint density at radius 2 is 1.53 bits per heavy atom. The van der Waals surface area contributed by atoms with Crippen LogP contribution < -0.4 is 4.72 Å². The summed E-state index contributed by atoms with van der Waals surface area (Å²) >= 11 is 0. The number of anilines is 1. The maximum atomic E-state index is 14.7. The molecule has 4 fully saturated rings. The Kier molecular flexibility index (Phi) is 20.4. The molecule has 6 N–H and O–H groups in total. The largest absolute Gasteiger partial charge is 0.459 e. The molecule has 0 radical (unpaired) electrons. The van der Waals surface area contributed by atoms with E-state index >= 15 is 0 Å². The number of carbonyl (C=O) groups is 1. The fourth-order valence-corrected chi connectivity index (χ4v) is 13.0. The molecule has 4 heterocycles. The minimum absolute atomic E-state index is 0.00366. The SMILES string of the molecule is CC[C@H]1OC(=O)[C@H](C)[C@@H](O[C@H]2C[C@@](C)(OC)[C@](O)(CN3CCCCC3)[C@H](C)O2)[C@H](C)[C@@H](O[C@@H]2O[C@H](C)C[C@H](N(C)S(=O)(=O)Nc3ccc(C(F)(F)F)cc3)[C@H]2O)[C@](C)(O)C[C@@H](C)CN(CC)[C@H](C)[C@@H](O)[C@]1(C)O. The second-order valence-corrected chi connectivity index (χ2v) is 23.9. The van der Waals surface area contributed by atoms with Crippen LogP contribution in [-0.2, 0) is 49.6 Å². The van der Waals surface area contributed by atoms with Crippen LogP contribution in [0, 0.1) is 17.8 Å². The number of hydrogen-bond donors (Lipinski definition) is 6. The highest BCUT2D eigenvalue weighted by Gasteiger charge is 2.59. The average molecular weight is 1070 g/mol. The van der Waals surface area contributed by atoms with E-state index in [0.717, 1.165) is 60.9 Å². The Balaban J connectivity index is 1.56. The lowest BCUT2D eigenvalue weighted by atomic mass is 9.74. The third-order valence-electron chi connectivity index (χ3n) is 16.5. The topological polar surface area (TPSA) is 229 Å². The van der Waals surface area contributed by atoms with Crippen LogP contribution in [0.1, 0.15) is 127 Å². The van der Waals surface area contributed by atoms with Crippen LogP contribution in [0.3, 0.4) is 0 Å². The van der Waals surface area contributed by atoms with Crippen LogP contribution in [0.15, 0.2) is 24.3 Å². The van der Waals surface area contributed by atoms with Crippen LogP contribution >= 0.6 is 0 Å². The van der Waals surface area contributed by atoms with Crippen molar-refractivity contribution in [3.63, 3.8) is 0 Å². The molecule has 4 saturated heterocycles. The van der Waals surface area contributed by atoms with Crippen molar-refractivity contribution in [1.29, 1.82) is 0 Å². The summed E-state index contributed by atoms with van der Waals surface area (Å²) in [6.45, 7) is 21.4. The first kappa shape index (κ1) is 61.6. The van der Waals surface area contributed by atoms with Crippen molar-refractivity contribution >= 4 is 21.9 Å². The second-order valence-electron chi connectivity index (χ2n) is 22.2. The van der Waals surface area contributed by atoms with E-state index < -0.39 is 130 Å². The molecule has 0 aliphatic carbocycles. The fourth-order valence-electron chi connectivity index (χ4n) is 11.8. The highest BCUT2D eigenvalue weighted by atomic mass is 32.2. The highest BCUT2D eigenvalue weighted by molar-refractivity contribution is 7.90. The monoisotopic (exact) mass is 1070 g/mol. The predicted molar refractivity (Wildman–Crippen MR) is 266 cm³/mol.